The Morgan fingerprint density at radius 1 is 1.33 bits per heavy atom. The van der Waals surface area contributed by atoms with Gasteiger partial charge in [-0.3, -0.25) is 4.79 Å². The Hall–Kier alpha value is -1.35. The maximum Gasteiger partial charge on any atom is 0.317 e. The minimum absolute atomic E-state index is 0.0149. The predicted molar refractivity (Wildman–Crippen MR) is 53.4 cm³/mol. The van der Waals surface area contributed by atoms with E-state index < -0.39 is 0 Å². The molecular weight excluding hydrogens is 192 g/mol. The van der Waals surface area contributed by atoms with Gasteiger partial charge in [0.05, 0.1) is 12.0 Å². The van der Waals surface area contributed by atoms with Crippen LogP contribution < -0.4 is 4.74 Å². The lowest BCUT2D eigenvalue weighted by Crippen LogP contribution is -2.15. The summed E-state index contributed by atoms with van der Waals surface area (Å²) in [6, 6.07) is 9.18. The van der Waals surface area contributed by atoms with Crippen LogP contribution in [0.3, 0.4) is 0 Å². The Kier molecular flexibility index (Phi) is 1.99. The van der Waals surface area contributed by atoms with E-state index in [1.165, 1.54) is 0 Å². The van der Waals surface area contributed by atoms with Gasteiger partial charge in [0.1, 0.15) is 5.75 Å². The second kappa shape index (κ2) is 3.35. The first-order valence-electron chi connectivity index (χ1n) is 5.24. The van der Waals surface area contributed by atoms with Crippen molar-refractivity contribution in [3.63, 3.8) is 0 Å². The highest BCUT2D eigenvalue weighted by Gasteiger charge is 2.59. The summed E-state index contributed by atoms with van der Waals surface area (Å²) in [6.45, 7) is 0.796. The maximum absolute atomic E-state index is 11.7. The van der Waals surface area contributed by atoms with Gasteiger partial charge in [0, 0.05) is 12.5 Å². The molecule has 1 heterocycles. The summed E-state index contributed by atoms with van der Waals surface area (Å²) in [5.41, 5.74) is 0. The van der Waals surface area contributed by atoms with E-state index in [4.69, 9.17) is 9.47 Å². The Balaban J connectivity index is 1.63. The molecule has 1 aromatic rings. The van der Waals surface area contributed by atoms with Crippen molar-refractivity contribution < 1.29 is 14.3 Å². The summed E-state index contributed by atoms with van der Waals surface area (Å²) in [6.07, 6.45) is 1.14. The van der Waals surface area contributed by atoms with Crippen molar-refractivity contribution in [2.75, 3.05) is 6.61 Å². The molecule has 3 atom stereocenters. The van der Waals surface area contributed by atoms with Crippen LogP contribution in [0.25, 0.3) is 0 Å². The van der Waals surface area contributed by atoms with Gasteiger partial charge in [-0.2, -0.15) is 0 Å². The van der Waals surface area contributed by atoms with Crippen LogP contribution in [0.1, 0.15) is 6.42 Å². The number of esters is 1. The molecule has 2 aliphatic rings. The summed E-state index contributed by atoms with van der Waals surface area (Å²) in [5, 5.41) is 0. The lowest BCUT2D eigenvalue weighted by Gasteiger charge is -2.05. The molecule has 0 amide bonds. The molecule has 1 unspecified atom stereocenters. The van der Waals surface area contributed by atoms with Crippen molar-refractivity contribution >= 4 is 5.97 Å². The van der Waals surface area contributed by atoms with Crippen LogP contribution in [0.2, 0.25) is 0 Å². The monoisotopic (exact) mass is 204 g/mol. The zero-order chi connectivity index (χ0) is 10.3. The molecule has 1 aliphatic carbocycles. The van der Waals surface area contributed by atoms with E-state index in [-0.39, 0.29) is 18.0 Å². The van der Waals surface area contributed by atoms with Gasteiger partial charge in [-0.05, 0) is 18.6 Å². The van der Waals surface area contributed by atoms with Crippen molar-refractivity contribution in [3.8, 4) is 5.75 Å². The molecule has 0 spiro atoms. The molecular formula is C12H12O3. The molecule has 3 rings (SSSR count). The van der Waals surface area contributed by atoms with Crippen LogP contribution in [-0.2, 0) is 9.53 Å². The van der Waals surface area contributed by atoms with E-state index in [0.717, 1.165) is 13.0 Å². The highest BCUT2D eigenvalue weighted by atomic mass is 16.5. The quantitative estimate of drug-likeness (QED) is 0.542. The molecule has 0 N–H and O–H groups in total. The van der Waals surface area contributed by atoms with Crippen molar-refractivity contribution in [1.82, 2.24) is 0 Å². The number of carbonyl (C=O) groups excluding carboxylic acids is 1. The largest absolute Gasteiger partial charge is 0.426 e. The third-order valence-corrected chi connectivity index (χ3v) is 3.09. The predicted octanol–water partition coefficient (Wildman–Crippen LogP) is 1.63. The molecule has 0 bridgehead atoms. The summed E-state index contributed by atoms with van der Waals surface area (Å²) < 4.78 is 10.7. The number of hydrogen-bond acceptors (Lipinski definition) is 3. The number of fused-ring (bicyclic) bond motifs is 1. The summed E-state index contributed by atoms with van der Waals surface area (Å²) in [7, 11) is 0. The molecule has 3 heteroatoms. The average molecular weight is 204 g/mol. The Bertz CT molecular complexity index is 364. The van der Waals surface area contributed by atoms with Crippen LogP contribution in [0.5, 0.6) is 5.75 Å². The van der Waals surface area contributed by atoms with Crippen LogP contribution >= 0.6 is 0 Å². The van der Waals surface area contributed by atoms with Crippen LogP contribution in [0.15, 0.2) is 30.3 Å². The second-order valence-corrected chi connectivity index (χ2v) is 4.05. The van der Waals surface area contributed by atoms with Crippen molar-refractivity contribution in [3.05, 3.63) is 30.3 Å². The number of para-hydroxylation sites is 1. The fourth-order valence-electron chi connectivity index (χ4n) is 2.24. The van der Waals surface area contributed by atoms with Crippen molar-refractivity contribution in [2.45, 2.75) is 12.5 Å². The minimum atomic E-state index is -0.143. The normalized spacial score (nSPS) is 32.1. The fraction of sp³-hybridized carbons (Fsp3) is 0.417. The molecule has 0 aromatic heterocycles. The first-order valence-corrected chi connectivity index (χ1v) is 5.24. The molecule has 1 aromatic carbocycles. The maximum atomic E-state index is 11.7. The summed E-state index contributed by atoms with van der Waals surface area (Å²) in [5.74, 6) is 0.878. The van der Waals surface area contributed by atoms with E-state index in [2.05, 4.69) is 0 Å². The van der Waals surface area contributed by atoms with Gasteiger partial charge >= 0.3 is 5.97 Å². The number of ether oxygens (including phenoxy) is 2. The van der Waals surface area contributed by atoms with Gasteiger partial charge in [0.15, 0.2) is 0 Å². The standard InChI is InChI=1S/C12H12O3/c13-12(10-9-6-7-14-11(9)10)15-8-4-2-1-3-5-8/h1-5,9-11H,6-7H2/t9?,10-,11-/m0/s1. The fourth-order valence-corrected chi connectivity index (χ4v) is 2.24. The van der Waals surface area contributed by atoms with Gasteiger partial charge < -0.3 is 9.47 Å². The summed E-state index contributed by atoms with van der Waals surface area (Å²) in [4.78, 5) is 11.7. The number of hydrogen-bond donors (Lipinski definition) is 0. The number of carbonyl (C=O) groups is 1. The molecule has 1 aliphatic heterocycles. The van der Waals surface area contributed by atoms with Crippen LogP contribution in [0.4, 0.5) is 0 Å². The molecule has 2 fully saturated rings. The third-order valence-electron chi connectivity index (χ3n) is 3.09. The topological polar surface area (TPSA) is 35.5 Å². The average Bonchev–Trinajstić information content (AvgIpc) is 2.75. The second-order valence-electron chi connectivity index (χ2n) is 4.05. The van der Waals surface area contributed by atoms with Gasteiger partial charge in [0.25, 0.3) is 0 Å². The van der Waals surface area contributed by atoms with Gasteiger partial charge in [0.2, 0.25) is 0 Å². The highest BCUT2D eigenvalue weighted by Crippen LogP contribution is 2.49. The number of benzene rings is 1. The molecule has 78 valence electrons. The van der Waals surface area contributed by atoms with Gasteiger partial charge in [-0.25, -0.2) is 0 Å². The van der Waals surface area contributed by atoms with Crippen molar-refractivity contribution in [2.24, 2.45) is 11.8 Å². The Labute approximate surface area is 88.0 Å². The van der Waals surface area contributed by atoms with E-state index in [9.17, 15) is 4.79 Å². The first kappa shape index (κ1) is 8.92. The molecule has 1 saturated carbocycles. The van der Waals surface area contributed by atoms with E-state index >= 15 is 0 Å². The van der Waals surface area contributed by atoms with E-state index in [0.29, 0.717) is 11.7 Å². The minimum Gasteiger partial charge on any atom is -0.426 e. The van der Waals surface area contributed by atoms with E-state index in [1.54, 1.807) is 12.1 Å². The smallest absolute Gasteiger partial charge is 0.317 e. The molecule has 3 nitrogen and oxygen atoms in total. The lowest BCUT2D eigenvalue weighted by atomic mass is 10.2. The lowest BCUT2D eigenvalue weighted by molar-refractivity contribution is -0.137. The third kappa shape index (κ3) is 1.53. The zero-order valence-electron chi connectivity index (χ0n) is 8.26. The zero-order valence-corrected chi connectivity index (χ0v) is 8.26. The Morgan fingerprint density at radius 2 is 2.13 bits per heavy atom. The van der Waals surface area contributed by atoms with Crippen LogP contribution in [-0.4, -0.2) is 18.7 Å². The highest BCUT2D eigenvalue weighted by molar-refractivity contribution is 5.79. The van der Waals surface area contributed by atoms with E-state index in [1.807, 2.05) is 18.2 Å². The van der Waals surface area contributed by atoms with Crippen LogP contribution in [0, 0.1) is 11.8 Å². The molecule has 15 heavy (non-hydrogen) atoms. The number of rotatable bonds is 2. The first-order chi connectivity index (χ1) is 7.36. The summed E-state index contributed by atoms with van der Waals surface area (Å²) >= 11 is 0. The SMILES string of the molecule is O=C(Oc1ccccc1)[C@H]1C2CCO[C@@H]21. The van der Waals surface area contributed by atoms with Gasteiger partial charge in [-0.15, -0.1) is 0 Å². The van der Waals surface area contributed by atoms with Crippen molar-refractivity contribution in [1.29, 1.82) is 0 Å². The molecule has 0 radical (unpaired) electrons. The Morgan fingerprint density at radius 3 is 2.80 bits per heavy atom. The van der Waals surface area contributed by atoms with Gasteiger partial charge in [-0.1, -0.05) is 18.2 Å². The molecule has 1 saturated heterocycles.